The number of benzene rings is 8. The Morgan fingerprint density at radius 1 is 0.338 bits per heavy atom. The predicted octanol–water partition coefficient (Wildman–Crippen LogP) is 15.7. The molecule has 0 fully saturated rings. The van der Waals surface area contributed by atoms with Crippen LogP contribution in [-0.4, -0.2) is 22.3 Å². The summed E-state index contributed by atoms with van der Waals surface area (Å²) in [6, 6.07) is 63.6. The van der Waals surface area contributed by atoms with Gasteiger partial charge in [-0.3, -0.25) is 13.2 Å². The fourth-order valence-electron chi connectivity index (χ4n) is 11.4. The molecule has 314 valence electrons. The Kier molecular flexibility index (Phi) is 7.78. The molecular weight excluding hydrogens is 791 g/mol. The van der Waals surface area contributed by atoms with Gasteiger partial charge in [0.25, 0.3) is 0 Å². The van der Waals surface area contributed by atoms with Crippen LogP contribution in [0.1, 0.15) is 48.6 Å². The van der Waals surface area contributed by atoms with Crippen molar-refractivity contribution in [2.75, 3.05) is 0 Å². The lowest BCUT2D eigenvalue weighted by Crippen LogP contribution is -2.16. The van der Waals surface area contributed by atoms with Crippen LogP contribution in [-0.2, 0) is 5.41 Å². The third kappa shape index (κ3) is 5.09. The van der Waals surface area contributed by atoms with E-state index in [0.717, 1.165) is 50.3 Å². The van der Waals surface area contributed by atoms with Gasteiger partial charge >= 0.3 is 0 Å². The van der Waals surface area contributed by atoms with Crippen LogP contribution in [0.3, 0.4) is 0 Å². The smallest absolute Gasteiger partial charge is 0.149 e. The highest BCUT2D eigenvalue weighted by Gasteiger charge is 2.31. The lowest BCUT2D eigenvalue weighted by molar-refractivity contribution is 0.591. The molecule has 0 N–H and O–H groups in total. The maximum Gasteiger partial charge on any atom is 0.149 e. The van der Waals surface area contributed by atoms with Crippen LogP contribution in [0.2, 0.25) is 0 Å². The second-order valence-corrected chi connectivity index (χ2v) is 19.3. The molecule has 65 heavy (non-hydrogen) atoms. The van der Waals surface area contributed by atoms with Gasteiger partial charge in [-0.05, 0) is 144 Å². The van der Waals surface area contributed by atoms with Gasteiger partial charge in [0.15, 0.2) is 0 Å². The van der Waals surface area contributed by atoms with Crippen LogP contribution >= 0.6 is 0 Å². The molecule has 0 spiro atoms. The number of hydrogen-bond donors (Lipinski definition) is 0. The van der Waals surface area contributed by atoms with E-state index >= 15 is 0 Å². The van der Waals surface area contributed by atoms with Gasteiger partial charge in [-0.2, -0.15) is 0 Å². The normalized spacial score (nSPS) is 12.5. The van der Waals surface area contributed by atoms with Crippen LogP contribution in [0.4, 0.5) is 0 Å². The van der Waals surface area contributed by atoms with Crippen molar-refractivity contribution in [3.8, 4) is 33.6 Å². The fourth-order valence-corrected chi connectivity index (χ4v) is 11.4. The molecule has 0 unspecified atom stereocenters. The van der Waals surface area contributed by atoms with Crippen molar-refractivity contribution in [3.63, 3.8) is 0 Å². The average Bonchev–Trinajstić information content (AvgIpc) is 3.78. The number of para-hydroxylation sites is 4. The summed E-state index contributed by atoms with van der Waals surface area (Å²) in [5.41, 5.74) is 26.2. The van der Waals surface area contributed by atoms with Crippen LogP contribution in [0.15, 0.2) is 170 Å². The summed E-state index contributed by atoms with van der Waals surface area (Å²) in [7, 11) is 0. The first-order valence-corrected chi connectivity index (χ1v) is 22.9. The summed E-state index contributed by atoms with van der Waals surface area (Å²) >= 11 is 0. The van der Waals surface area contributed by atoms with Gasteiger partial charge in [0, 0.05) is 22.1 Å². The Bertz CT molecular complexity index is 3820. The highest BCUT2D eigenvalue weighted by molar-refractivity contribution is 6.19. The highest BCUT2D eigenvalue weighted by atomic mass is 15.2. The maximum atomic E-state index is 2.64. The largest absolute Gasteiger partial charge is 0.304 e. The van der Waals surface area contributed by atoms with E-state index in [-0.39, 0.29) is 5.41 Å². The second kappa shape index (κ2) is 13.4. The molecule has 5 heterocycles. The van der Waals surface area contributed by atoms with Crippen molar-refractivity contribution in [2.45, 2.75) is 53.9 Å². The molecular formula is C60H49N5. The molecule has 0 bridgehead atoms. The molecule has 0 atom stereocenters. The first-order chi connectivity index (χ1) is 31.6. The molecule has 0 aliphatic rings. The lowest BCUT2D eigenvalue weighted by atomic mass is 9.86. The van der Waals surface area contributed by atoms with Crippen molar-refractivity contribution in [3.05, 3.63) is 198 Å². The zero-order valence-corrected chi connectivity index (χ0v) is 37.9. The molecule has 5 heteroatoms. The third-order valence-corrected chi connectivity index (χ3v) is 14.3. The van der Waals surface area contributed by atoms with Crippen molar-refractivity contribution in [2.24, 2.45) is 0 Å². The van der Waals surface area contributed by atoms with E-state index in [1.807, 2.05) is 0 Å². The van der Waals surface area contributed by atoms with E-state index in [9.17, 15) is 0 Å². The molecule has 0 radical (unpaired) electrons. The third-order valence-electron chi connectivity index (χ3n) is 14.3. The molecule has 8 aromatic carbocycles. The first-order valence-electron chi connectivity index (χ1n) is 22.9. The van der Waals surface area contributed by atoms with Crippen LogP contribution in [0.25, 0.3) is 105 Å². The van der Waals surface area contributed by atoms with Crippen LogP contribution < -0.4 is 0 Å². The van der Waals surface area contributed by atoms with Crippen molar-refractivity contribution in [1.29, 1.82) is 0 Å². The molecule has 0 saturated carbocycles. The predicted molar refractivity (Wildman–Crippen MR) is 274 cm³/mol. The minimum absolute atomic E-state index is 0.137. The minimum atomic E-state index is -0.137. The summed E-state index contributed by atoms with van der Waals surface area (Å²) < 4.78 is 12.9. The van der Waals surface area contributed by atoms with E-state index in [2.05, 4.69) is 241 Å². The van der Waals surface area contributed by atoms with Crippen molar-refractivity contribution >= 4 is 71.7 Å². The summed E-state index contributed by atoms with van der Waals surface area (Å²) in [5, 5.41) is 2.41. The summed E-state index contributed by atoms with van der Waals surface area (Å²) in [6.45, 7) is 16.1. The molecule has 13 rings (SSSR count). The SMILES string of the molecule is Cc1cccc(C)c1-c1cc2c(cc1-c1c(C)cccc1C)n1c3ccccc3c3c1n1c4c(cc(C(C)(C)C)cc4n3-c3ccccc3)n(-c3ccccc3)c3c4ccccc4n2c31. The van der Waals surface area contributed by atoms with Crippen LogP contribution in [0.5, 0.6) is 0 Å². The molecule has 0 aliphatic carbocycles. The van der Waals surface area contributed by atoms with Gasteiger partial charge in [-0.25, -0.2) is 0 Å². The van der Waals surface area contributed by atoms with E-state index in [0.29, 0.717) is 0 Å². The van der Waals surface area contributed by atoms with E-state index in [4.69, 9.17) is 0 Å². The molecule has 5 nitrogen and oxygen atoms in total. The van der Waals surface area contributed by atoms with Gasteiger partial charge in [0.1, 0.15) is 11.3 Å². The quantitative estimate of drug-likeness (QED) is 0.169. The number of aryl methyl sites for hydroxylation is 4. The van der Waals surface area contributed by atoms with Gasteiger partial charge in [-0.15, -0.1) is 0 Å². The molecule has 0 amide bonds. The number of hydrogen-bond acceptors (Lipinski definition) is 0. The Morgan fingerprint density at radius 3 is 1.12 bits per heavy atom. The average molecular weight is 840 g/mol. The zero-order valence-electron chi connectivity index (χ0n) is 37.9. The maximum absolute atomic E-state index is 2.64. The summed E-state index contributed by atoms with van der Waals surface area (Å²) in [5.74, 6) is 0. The monoisotopic (exact) mass is 839 g/mol. The number of fused-ring (bicyclic) bond motifs is 9. The zero-order chi connectivity index (χ0) is 44.0. The molecule has 0 aliphatic heterocycles. The first kappa shape index (κ1) is 37.8. The molecule has 5 aromatic heterocycles. The van der Waals surface area contributed by atoms with Gasteiger partial charge < -0.3 is 9.13 Å². The Hall–Kier alpha value is -7.76. The summed E-state index contributed by atoms with van der Waals surface area (Å²) in [6.07, 6.45) is 0. The molecule has 13 aromatic rings. The Balaban J connectivity index is 1.44. The minimum Gasteiger partial charge on any atom is -0.304 e. The Morgan fingerprint density at radius 2 is 0.723 bits per heavy atom. The van der Waals surface area contributed by atoms with E-state index < -0.39 is 0 Å². The summed E-state index contributed by atoms with van der Waals surface area (Å²) in [4.78, 5) is 0. The standard InChI is InChI=1S/C60H49N5/c1-36-20-18-21-37(2)53(36)45-34-49-50(35-46(45)54-38(3)22-19-23-39(54)4)64-48-31-17-15-29-44(48)56-59(64)65-57-51(32-40(60(5,6)7)33-52(57)62(56)42-26-12-9-13-27-42)61(41-24-10-8-11-25-41)55-43-28-14-16-30-47(43)63(49)58(55)65/h8-35H,1-7H3. The van der Waals surface area contributed by atoms with Gasteiger partial charge in [-0.1, -0.05) is 130 Å². The number of rotatable bonds is 4. The van der Waals surface area contributed by atoms with Crippen molar-refractivity contribution in [1.82, 2.24) is 22.3 Å². The molecule has 0 saturated heterocycles. The highest BCUT2D eigenvalue weighted by Crippen LogP contribution is 2.47. The second-order valence-electron chi connectivity index (χ2n) is 19.3. The van der Waals surface area contributed by atoms with Gasteiger partial charge in [0.2, 0.25) is 0 Å². The van der Waals surface area contributed by atoms with Gasteiger partial charge in [0.05, 0.1) is 49.7 Å². The number of nitrogens with zero attached hydrogens (tertiary/aromatic N) is 5. The van der Waals surface area contributed by atoms with E-state index in [1.54, 1.807) is 0 Å². The van der Waals surface area contributed by atoms with Crippen molar-refractivity contribution < 1.29 is 0 Å². The van der Waals surface area contributed by atoms with Crippen LogP contribution in [0, 0.1) is 27.7 Å². The lowest BCUT2D eigenvalue weighted by Gasteiger charge is -2.26. The van der Waals surface area contributed by atoms with E-state index in [1.165, 1.54) is 82.9 Å². The topological polar surface area (TPSA) is 23.1 Å². The fraction of sp³-hybridized carbons (Fsp3) is 0.133. The number of aromatic nitrogens is 5. The Labute approximate surface area is 377 Å².